The Morgan fingerprint density at radius 1 is 0.409 bits per heavy atom. The van der Waals surface area contributed by atoms with E-state index in [1.165, 1.54) is 0 Å². The normalized spacial score (nSPS) is 12.5. The van der Waals surface area contributed by atoms with E-state index in [1.54, 1.807) is 0 Å². The number of hydrogen-bond acceptors (Lipinski definition) is 4. The maximum Gasteiger partial charge on any atom is 0.147 e. The summed E-state index contributed by atoms with van der Waals surface area (Å²) in [4.78, 5) is 0. The van der Waals surface area contributed by atoms with Crippen molar-refractivity contribution in [2.75, 3.05) is 0 Å². The Kier molecular flexibility index (Phi) is 10.3. The molecule has 0 aliphatic carbocycles. The van der Waals surface area contributed by atoms with Gasteiger partial charge in [-0.3, -0.25) is 0 Å². The summed E-state index contributed by atoms with van der Waals surface area (Å²) in [5.41, 5.74) is 11.5. The highest BCUT2D eigenvalue weighted by Crippen LogP contribution is 2.46. The Balaban J connectivity index is 0.938. The van der Waals surface area contributed by atoms with Crippen LogP contribution in [0.1, 0.15) is 36.1 Å². The maximum atomic E-state index is 12.3. The molecule has 0 unspecified atom stereocenters. The molecule has 0 saturated heterocycles. The van der Waals surface area contributed by atoms with Gasteiger partial charge in [-0.2, -0.15) is 0 Å². The van der Waals surface area contributed by atoms with E-state index in [0.717, 1.165) is 71.4 Å². The monoisotopic (exact) mass is 860 g/mol. The molecule has 0 fully saturated rings. The summed E-state index contributed by atoms with van der Waals surface area (Å²) in [5.74, 6) is 1.66. The second-order valence-electron chi connectivity index (χ2n) is 17.3. The van der Waals surface area contributed by atoms with Crippen molar-refractivity contribution in [1.29, 1.82) is 0 Å². The number of benzene rings is 9. The quantitative estimate of drug-likeness (QED) is 0.136. The van der Waals surface area contributed by atoms with E-state index in [1.807, 2.05) is 115 Å². The minimum Gasteiger partial charge on any atom is -0.505 e. The fourth-order valence-corrected chi connectivity index (χ4v) is 9.86. The summed E-state index contributed by atoms with van der Waals surface area (Å²) in [6, 6.07) is 67.6. The molecule has 6 heteroatoms. The zero-order valence-corrected chi connectivity index (χ0v) is 37.0. The molecule has 0 saturated carbocycles. The van der Waals surface area contributed by atoms with Gasteiger partial charge >= 0.3 is 0 Å². The zero-order chi connectivity index (χ0) is 44.9. The number of ether oxygens (including phenoxy) is 2. The molecule has 0 spiro atoms. The highest BCUT2D eigenvalue weighted by atomic mass is 16.5. The third kappa shape index (κ3) is 7.08. The lowest BCUT2D eigenvalue weighted by Crippen LogP contribution is -2.20. The van der Waals surface area contributed by atoms with Crippen molar-refractivity contribution in [3.8, 4) is 56.6 Å². The number of aryl methyl sites for hydroxylation is 2. The highest BCUT2D eigenvalue weighted by Gasteiger charge is 2.25. The molecule has 2 heterocycles. The van der Waals surface area contributed by atoms with E-state index in [-0.39, 0.29) is 17.6 Å². The molecule has 0 aliphatic rings. The van der Waals surface area contributed by atoms with Crippen LogP contribution in [0.3, 0.4) is 0 Å². The molecule has 11 aromatic rings. The Morgan fingerprint density at radius 2 is 0.773 bits per heavy atom. The lowest BCUT2D eigenvalue weighted by molar-refractivity contribution is 0.121. The molecule has 2 aromatic heterocycles. The Morgan fingerprint density at radius 3 is 1.21 bits per heavy atom. The van der Waals surface area contributed by atoms with Gasteiger partial charge in [-0.25, -0.2) is 0 Å². The molecule has 66 heavy (non-hydrogen) atoms. The van der Waals surface area contributed by atoms with Crippen LogP contribution in [-0.2, 0) is 0 Å². The predicted octanol–water partition coefficient (Wildman–Crippen LogP) is 15.2. The van der Waals surface area contributed by atoms with Crippen molar-refractivity contribution in [3.63, 3.8) is 0 Å². The number of fused-ring (bicyclic) bond motifs is 6. The van der Waals surface area contributed by atoms with Gasteiger partial charge in [-0.15, -0.1) is 0 Å². The number of phenolic OH excluding ortho intramolecular Hbond substituents is 2. The number of hydrogen-bond donors (Lipinski definition) is 2. The first kappa shape index (κ1) is 40.5. The molecule has 11 rings (SSSR count). The Hall–Kier alpha value is -8.22. The largest absolute Gasteiger partial charge is 0.505 e. The minimum absolute atomic E-state index is 0.174. The van der Waals surface area contributed by atoms with Crippen molar-refractivity contribution < 1.29 is 19.7 Å². The number of phenols is 2. The second-order valence-corrected chi connectivity index (χ2v) is 17.3. The van der Waals surface area contributed by atoms with Crippen LogP contribution in [0.4, 0.5) is 0 Å². The summed E-state index contributed by atoms with van der Waals surface area (Å²) < 4.78 is 18.3. The van der Waals surface area contributed by atoms with E-state index in [9.17, 15) is 10.2 Å². The number of aromatic hydroxyl groups is 2. The first-order valence-corrected chi connectivity index (χ1v) is 22.5. The van der Waals surface area contributed by atoms with E-state index in [4.69, 9.17) is 9.47 Å². The Bertz CT molecular complexity index is 3500. The van der Waals surface area contributed by atoms with Gasteiger partial charge in [-0.1, -0.05) is 140 Å². The van der Waals surface area contributed by atoms with Crippen LogP contribution in [0.25, 0.3) is 77.2 Å². The lowest BCUT2D eigenvalue weighted by atomic mass is 9.98. The molecule has 322 valence electrons. The Labute approximate surface area is 383 Å². The van der Waals surface area contributed by atoms with Gasteiger partial charge in [-0.05, 0) is 98.1 Å². The number of aromatic nitrogens is 2. The molecule has 2 N–H and O–H groups in total. The smallest absolute Gasteiger partial charge is 0.147 e. The average molecular weight is 861 g/mol. The summed E-state index contributed by atoms with van der Waals surface area (Å²) in [7, 11) is 0. The van der Waals surface area contributed by atoms with Crippen molar-refractivity contribution in [2.45, 2.75) is 39.4 Å². The fourth-order valence-electron chi connectivity index (χ4n) is 9.86. The number of nitrogens with zero attached hydrogens (tertiary/aromatic N) is 2. The average Bonchev–Trinajstić information content (AvgIpc) is 3.86. The molecule has 6 nitrogen and oxygen atoms in total. The molecule has 0 aliphatic heterocycles. The standard InChI is InChI=1S/C60H48N2O4/c1-38-33-48(59(63)54(35-38)61-50-27-13-7-21-42(50)43-22-8-14-28-51(43)61)46-25-11-17-31-56(46)65-40(3)37-58(41-19-5-4-6-20-41)66-57-32-18-12-26-47(57)49-34-39(2)36-55(60(49)64)62-52-29-15-9-23-44(52)45-24-10-16-30-53(45)62/h4-36,40,58,63-64H,37H2,1-3H3/t40-,58+/m1/s1. The summed E-state index contributed by atoms with van der Waals surface area (Å²) >= 11 is 0. The first-order chi connectivity index (χ1) is 32.3. The van der Waals surface area contributed by atoms with Crippen molar-refractivity contribution >= 4 is 43.6 Å². The zero-order valence-electron chi connectivity index (χ0n) is 37.0. The van der Waals surface area contributed by atoms with Crippen molar-refractivity contribution in [1.82, 2.24) is 9.13 Å². The van der Waals surface area contributed by atoms with Crippen LogP contribution >= 0.6 is 0 Å². The van der Waals surface area contributed by atoms with Crippen LogP contribution in [0.5, 0.6) is 23.0 Å². The highest BCUT2D eigenvalue weighted by molar-refractivity contribution is 6.10. The van der Waals surface area contributed by atoms with Gasteiger partial charge in [0.2, 0.25) is 0 Å². The molecule has 0 radical (unpaired) electrons. The van der Waals surface area contributed by atoms with Crippen molar-refractivity contribution in [3.05, 3.63) is 217 Å². The van der Waals surface area contributed by atoms with Gasteiger partial charge in [0.15, 0.2) is 0 Å². The molecule has 9 aromatic carbocycles. The summed E-state index contributed by atoms with van der Waals surface area (Å²) in [6.45, 7) is 6.19. The summed E-state index contributed by atoms with van der Waals surface area (Å²) in [6.07, 6.45) is -0.222. The van der Waals surface area contributed by atoms with Crippen LogP contribution in [0.2, 0.25) is 0 Å². The van der Waals surface area contributed by atoms with Gasteiger partial charge in [0, 0.05) is 50.2 Å². The fraction of sp³-hybridized carbons (Fsp3) is 0.100. The molecule has 0 amide bonds. The van der Waals surface area contributed by atoms with Gasteiger partial charge in [0.05, 0.1) is 39.5 Å². The predicted molar refractivity (Wildman–Crippen MR) is 270 cm³/mol. The summed E-state index contributed by atoms with van der Waals surface area (Å²) in [5, 5.41) is 29.1. The van der Waals surface area contributed by atoms with E-state index in [0.29, 0.717) is 40.4 Å². The van der Waals surface area contributed by atoms with Crippen LogP contribution < -0.4 is 9.47 Å². The lowest BCUT2D eigenvalue weighted by Gasteiger charge is -2.26. The molecular weight excluding hydrogens is 813 g/mol. The van der Waals surface area contributed by atoms with Gasteiger partial charge < -0.3 is 28.8 Å². The van der Waals surface area contributed by atoms with Crippen LogP contribution in [0, 0.1) is 13.8 Å². The van der Waals surface area contributed by atoms with Gasteiger partial charge in [0.25, 0.3) is 0 Å². The van der Waals surface area contributed by atoms with E-state index in [2.05, 4.69) is 115 Å². The minimum atomic E-state index is -0.410. The van der Waals surface area contributed by atoms with Crippen LogP contribution in [-0.4, -0.2) is 25.5 Å². The number of rotatable bonds is 11. The third-order valence-corrected chi connectivity index (χ3v) is 12.8. The first-order valence-electron chi connectivity index (χ1n) is 22.5. The third-order valence-electron chi connectivity index (χ3n) is 12.8. The van der Waals surface area contributed by atoms with E-state index >= 15 is 0 Å². The van der Waals surface area contributed by atoms with Gasteiger partial charge in [0.1, 0.15) is 29.1 Å². The van der Waals surface area contributed by atoms with E-state index < -0.39 is 6.10 Å². The molecular formula is C60H48N2O4. The molecule has 0 bridgehead atoms. The van der Waals surface area contributed by atoms with Crippen molar-refractivity contribution in [2.24, 2.45) is 0 Å². The molecule has 2 atom stereocenters. The topological polar surface area (TPSA) is 68.8 Å². The number of para-hydroxylation sites is 6. The SMILES string of the molecule is Cc1cc(-c2ccccc2O[C@H](C)C[C@H](Oc2ccccc2-c2cc(C)cc(-n3c4ccccc4c4ccccc43)c2O)c2ccccc2)c(O)c(-n2c3ccccc3c3ccccc32)c1. The van der Waals surface area contributed by atoms with Crippen LogP contribution in [0.15, 0.2) is 200 Å². The maximum absolute atomic E-state index is 12.3. The second kappa shape index (κ2) is 16.7.